The van der Waals surface area contributed by atoms with Crippen LogP contribution in [0, 0.1) is 9.81 Å². The fourth-order valence-electron chi connectivity index (χ4n) is 2.19. The summed E-state index contributed by atoms with van der Waals surface area (Å²) in [6.45, 7) is 2.00. The Labute approximate surface area is 140 Å². The zero-order valence-electron chi connectivity index (χ0n) is 11.5. The minimum absolute atomic E-state index is 0.317. The van der Waals surface area contributed by atoms with Crippen LogP contribution in [0.25, 0.3) is 22.4 Å². The Morgan fingerprint density at radius 2 is 2.10 bits per heavy atom. The summed E-state index contributed by atoms with van der Waals surface area (Å²) in [5.74, 6) is 1.14. The van der Waals surface area contributed by atoms with E-state index >= 15 is 0 Å². The third kappa shape index (κ3) is 2.65. The molecule has 3 aromatic rings. The first-order valence-electron chi connectivity index (χ1n) is 6.24. The fraction of sp³-hybridized carbons (Fsp3) is 0.133. The first kappa shape index (κ1) is 14.4. The minimum Gasteiger partial charge on any atom is -0.496 e. The minimum atomic E-state index is 0.317. The van der Waals surface area contributed by atoms with Crippen LogP contribution >= 0.6 is 33.9 Å². The zero-order chi connectivity index (χ0) is 15.0. The molecule has 0 aliphatic carbocycles. The molecule has 0 saturated heterocycles. The Hall–Kier alpha value is -1.54. The van der Waals surface area contributed by atoms with Crippen LogP contribution in [-0.4, -0.2) is 12.3 Å². The van der Waals surface area contributed by atoms with Crippen molar-refractivity contribution in [3.8, 4) is 28.1 Å². The van der Waals surface area contributed by atoms with Crippen molar-refractivity contribution in [2.24, 2.45) is 0 Å². The summed E-state index contributed by atoms with van der Waals surface area (Å²) in [6.07, 6.45) is 0. The lowest BCUT2D eigenvalue weighted by molar-refractivity contribution is 0.412. The lowest BCUT2D eigenvalue weighted by Crippen LogP contribution is -1.91. The maximum Gasteiger partial charge on any atom is 0.230 e. The van der Waals surface area contributed by atoms with E-state index < -0.39 is 0 Å². The van der Waals surface area contributed by atoms with Gasteiger partial charge < -0.3 is 15.0 Å². The van der Waals surface area contributed by atoms with E-state index in [1.54, 1.807) is 18.4 Å². The lowest BCUT2D eigenvalue weighted by atomic mass is 10.0. The molecule has 2 aromatic heterocycles. The molecule has 4 nitrogen and oxygen atoms in total. The van der Waals surface area contributed by atoms with Crippen LogP contribution in [0.15, 0.2) is 34.2 Å². The van der Waals surface area contributed by atoms with Gasteiger partial charge in [0.1, 0.15) is 11.4 Å². The van der Waals surface area contributed by atoms with Gasteiger partial charge in [-0.05, 0) is 52.8 Å². The van der Waals surface area contributed by atoms with Crippen LogP contribution in [0.3, 0.4) is 0 Å². The molecule has 0 saturated carbocycles. The fourth-order valence-corrected chi connectivity index (χ4v) is 3.52. The van der Waals surface area contributed by atoms with E-state index in [-0.39, 0.29) is 0 Å². The third-order valence-electron chi connectivity index (χ3n) is 3.26. The molecule has 0 fully saturated rings. The average molecular weight is 412 g/mol. The molecule has 0 atom stereocenters. The highest BCUT2D eigenvalue weighted by atomic mass is 127. The molecule has 21 heavy (non-hydrogen) atoms. The molecular weight excluding hydrogens is 399 g/mol. The molecule has 0 radical (unpaired) electrons. The Kier molecular flexibility index (Phi) is 3.90. The SMILES string of the molecule is COc1cc(-c2c(-c3csc(I)c3)noc2N)ccc1C. The van der Waals surface area contributed by atoms with Gasteiger partial charge in [0.25, 0.3) is 0 Å². The summed E-state index contributed by atoms with van der Waals surface area (Å²) in [4.78, 5) is 0. The number of methoxy groups -OCH3 is 1. The van der Waals surface area contributed by atoms with Crippen LogP contribution in [0.1, 0.15) is 5.56 Å². The van der Waals surface area contributed by atoms with Crippen LogP contribution in [0.4, 0.5) is 5.88 Å². The number of hydrogen-bond donors (Lipinski definition) is 1. The van der Waals surface area contributed by atoms with Crippen molar-refractivity contribution in [2.75, 3.05) is 12.8 Å². The van der Waals surface area contributed by atoms with Gasteiger partial charge in [0, 0.05) is 10.9 Å². The smallest absolute Gasteiger partial charge is 0.230 e. The number of hydrogen-bond acceptors (Lipinski definition) is 5. The van der Waals surface area contributed by atoms with Crippen molar-refractivity contribution < 1.29 is 9.26 Å². The van der Waals surface area contributed by atoms with E-state index in [0.29, 0.717) is 5.88 Å². The van der Waals surface area contributed by atoms with E-state index in [9.17, 15) is 0 Å². The summed E-state index contributed by atoms with van der Waals surface area (Å²) in [5.41, 5.74) is 10.6. The first-order valence-corrected chi connectivity index (χ1v) is 8.20. The monoisotopic (exact) mass is 412 g/mol. The Morgan fingerprint density at radius 3 is 2.76 bits per heavy atom. The number of halogens is 1. The molecule has 0 aliphatic rings. The largest absolute Gasteiger partial charge is 0.496 e. The van der Waals surface area contributed by atoms with E-state index in [0.717, 1.165) is 33.7 Å². The number of benzene rings is 1. The molecule has 0 bridgehead atoms. The maximum absolute atomic E-state index is 5.98. The van der Waals surface area contributed by atoms with Crippen molar-refractivity contribution in [3.63, 3.8) is 0 Å². The van der Waals surface area contributed by atoms with Gasteiger partial charge in [0.15, 0.2) is 0 Å². The highest BCUT2D eigenvalue weighted by Gasteiger charge is 2.19. The molecule has 2 heterocycles. The third-order valence-corrected chi connectivity index (χ3v) is 5.05. The molecule has 2 N–H and O–H groups in total. The van der Waals surface area contributed by atoms with Gasteiger partial charge in [-0.25, -0.2) is 0 Å². The lowest BCUT2D eigenvalue weighted by Gasteiger charge is -2.07. The summed E-state index contributed by atoms with van der Waals surface area (Å²) >= 11 is 3.95. The predicted octanol–water partition coefficient (Wildman–Crippen LogP) is 4.57. The van der Waals surface area contributed by atoms with Crippen molar-refractivity contribution in [3.05, 3.63) is 38.1 Å². The summed E-state index contributed by atoms with van der Waals surface area (Å²) in [7, 11) is 1.66. The molecule has 0 unspecified atom stereocenters. The number of nitrogens with zero attached hydrogens (tertiary/aromatic N) is 1. The molecule has 6 heteroatoms. The summed E-state index contributed by atoms with van der Waals surface area (Å²) in [6, 6.07) is 8.03. The van der Waals surface area contributed by atoms with Gasteiger partial charge in [-0.1, -0.05) is 17.3 Å². The van der Waals surface area contributed by atoms with E-state index in [4.69, 9.17) is 15.0 Å². The standard InChI is InChI=1S/C15H13IN2O2S/c1-8-3-4-9(5-11(8)19-2)13-14(18-20-15(13)17)10-6-12(16)21-7-10/h3-7H,17H2,1-2H3. The first-order chi connectivity index (χ1) is 10.1. The Bertz CT molecular complexity index is 795. The quantitative estimate of drug-likeness (QED) is 0.641. The van der Waals surface area contributed by atoms with Gasteiger partial charge >= 0.3 is 0 Å². The second kappa shape index (κ2) is 5.69. The van der Waals surface area contributed by atoms with Crippen LogP contribution in [0.5, 0.6) is 5.75 Å². The number of nitrogens with two attached hydrogens (primary N) is 1. The van der Waals surface area contributed by atoms with Gasteiger partial charge in [-0.3, -0.25) is 0 Å². The van der Waals surface area contributed by atoms with E-state index in [1.165, 1.54) is 2.88 Å². The highest BCUT2D eigenvalue weighted by molar-refractivity contribution is 14.1. The second-order valence-corrected chi connectivity index (χ2v) is 7.40. The van der Waals surface area contributed by atoms with Gasteiger partial charge in [0.2, 0.25) is 5.88 Å². The van der Waals surface area contributed by atoms with Crippen molar-refractivity contribution in [2.45, 2.75) is 6.92 Å². The number of aromatic nitrogens is 1. The average Bonchev–Trinajstić information content (AvgIpc) is 3.05. The highest BCUT2D eigenvalue weighted by Crippen LogP contribution is 2.39. The maximum atomic E-state index is 5.98. The molecule has 108 valence electrons. The Morgan fingerprint density at radius 1 is 1.29 bits per heavy atom. The molecular formula is C15H13IN2O2S. The van der Waals surface area contributed by atoms with Crippen molar-refractivity contribution in [1.82, 2.24) is 5.16 Å². The summed E-state index contributed by atoms with van der Waals surface area (Å²) < 4.78 is 11.8. The molecule has 1 aromatic carbocycles. The second-order valence-electron chi connectivity index (χ2n) is 4.59. The number of ether oxygens (including phenoxy) is 1. The van der Waals surface area contributed by atoms with E-state index in [2.05, 4.69) is 33.8 Å². The van der Waals surface area contributed by atoms with Crippen LogP contribution in [-0.2, 0) is 0 Å². The van der Waals surface area contributed by atoms with Gasteiger partial charge in [-0.15, -0.1) is 11.3 Å². The number of rotatable bonds is 3. The number of nitrogen functional groups attached to an aromatic ring is 1. The number of thiophene rings is 1. The van der Waals surface area contributed by atoms with E-state index in [1.807, 2.05) is 30.5 Å². The van der Waals surface area contributed by atoms with Crippen LogP contribution in [0.2, 0.25) is 0 Å². The van der Waals surface area contributed by atoms with Crippen molar-refractivity contribution >= 4 is 39.8 Å². The van der Waals surface area contributed by atoms with Gasteiger partial charge in [0.05, 0.1) is 15.6 Å². The van der Waals surface area contributed by atoms with Gasteiger partial charge in [-0.2, -0.15) is 0 Å². The predicted molar refractivity (Wildman–Crippen MR) is 93.7 cm³/mol. The topological polar surface area (TPSA) is 61.3 Å². The number of anilines is 1. The Balaban J connectivity index is 2.17. The normalized spacial score (nSPS) is 10.8. The molecule has 0 aliphatic heterocycles. The molecule has 3 rings (SSSR count). The van der Waals surface area contributed by atoms with Crippen LogP contribution < -0.4 is 10.5 Å². The number of aryl methyl sites for hydroxylation is 1. The van der Waals surface area contributed by atoms with Crippen molar-refractivity contribution in [1.29, 1.82) is 0 Å². The zero-order valence-corrected chi connectivity index (χ0v) is 14.5. The molecule has 0 spiro atoms. The molecule has 0 amide bonds. The summed E-state index contributed by atoms with van der Waals surface area (Å²) in [5, 5.41) is 6.17.